The lowest BCUT2D eigenvalue weighted by Crippen LogP contribution is -2.05. The van der Waals surface area contributed by atoms with Gasteiger partial charge in [0.25, 0.3) is 0 Å². The topological polar surface area (TPSA) is 60.6 Å². The Morgan fingerprint density at radius 3 is 2.68 bits per heavy atom. The third kappa shape index (κ3) is 2.47. The highest BCUT2D eigenvalue weighted by Gasteiger charge is 2.00. The lowest BCUT2D eigenvalue weighted by atomic mass is 10.3. The summed E-state index contributed by atoms with van der Waals surface area (Å²) in [6.45, 7) is 0.701. The van der Waals surface area contributed by atoms with Crippen LogP contribution in [0, 0.1) is 0 Å². The predicted molar refractivity (Wildman–Crippen MR) is 71.9 cm³/mol. The zero-order valence-electron chi connectivity index (χ0n) is 10.6. The Kier molecular flexibility index (Phi) is 2.97. The number of imidazole rings is 1. The van der Waals surface area contributed by atoms with Crippen molar-refractivity contribution < 1.29 is 0 Å². The summed E-state index contributed by atoms with van der Waals surface area (Å²) in [6, 6.07) is 8.02. The van der Waals surface area contributed by atoms with Gasteiger partial charge in [0.05, 0.1) is 12.2 Å². The van der Waals surface area contributed by atoms with Crippen LogP contribution in [0.25, 0.3) is 5.69 Å². The summed E-state index contributed by atoms with van der Waals surface area (Å²) < 4.78 is 3.72. The Morgan fingerprint density at radius 1 is 1.21 bits per heavy atom. The quantitative estimate of drug-likeness (QED) is 0.768. The molecule has 6 nitrogen and oxygen atoms in total. The standard InChI is InChI=1S/C13H14N6/c1-18-7-6-15-13(18)8-16-11-2-4-12(5-3-11)19-10-14-9-17-19/h2-7,9-10,16H,8H2,1H3. The summed E-state index contributed by atoms with van der Waals surface area (Å²) in [5, 5.41) is 7.42. The van der Waals surface area contributed by atoms with Gasteiger partial charge in [0.15, 0.2) is 0 Å². The average molecular weight is 254 g/mol. The van der Waals surface area contributed by atoms with Gasteiger partial charge in [0.2, 0.25) is 0 Å². The SMILES string of the molecule is Cn1ccnc1CNc1ccc(-n2cncn2)cc1. The van der Waals surface area contributed by atoms with Gasteiger partial charge in [-0.15, -0.1) is 0 Å². The van der Waals surface area contributed by atoms with Crippen LogP contribution in [0.2, 0.25) is 0 Å². The molecule has 0 fully saturated rings. The Hall–Kier alpha value is -2.63. The van der Waals surface area contributed by atoms with Crippen LogP contribution < -0.4 is 5.32 Å². The number of anilines is 1. The van der Waals surface area contributed by atoms with Crippen molar-refractivity contribution in [3.05, 3.63) is 55.1 Å². The molecule has 0 spiro atoms. The minimum atomic E-state index is 0.701. The van der Waals surface area contributed by atoms with Crippen molar-refractivity contribution in [3.63, 3.8) is 0 Å². The minimum Gasteiger partial charge on any atom is -0.378 e. The normalized spacial score (nSPS) is 10.6. The summed E-state index contributed by atoms with van der Waals surface area (Å²) in [5.74, 6) is 1.00. The van der Waals surface area contributed by atoms with Crippen LogP contribution in [0.3, 0.4) is 0 Å². The minimum absolute atomic E-state index is 0.701. The van der Waals surface area contributed by atoms with E-state index in [-0.39, 0.29) is 0 Å². The molecule has 0 amide bonds. The van der Waals surface area contributed by atoms with E-state index in [0.717, 1.165) is 17.2 Å². The highest BCUT2D eigenvalue weighted by atomic mass is 15.3. The molecule has 3 aromatic rings. The van der Waals surface area contributed by atoms with E-state index in [9.17, 15) is 0 Å². The molecular formula is C13H14N6. The van der Waals surface area contributed by atoms with E-state index in [1.807, 2.05) is 42.1 Å². The first kappa shape index (κ1) is 11.5. The fraction of sp³-hybridized carbons (Fsp3) is 0.154. The number of aromatic nitrogens is 5. The number of benzene rings is 1. The summed E-state index contributed by atoms with van der Waals surface area (Å²) in [5.41, 5.74) is 2.03. The molecule has 0 aliphatic rings. The van der Waals surface area contributed by atoms with Crippen LogP contribution in [0.4, 0.5) is 5.69 Å². The van der Waals surface area contributed by atoms with Gasteiger partial charge < -0.3 is 9.88 Å². The molecule has 0 aliphatic heterocycles. The van der Waals surface area contributed by atoms with Crippen LogP contribution in [-0.4, -0.2) is 24.3 Å². The molecule has 6 heteroatoms. The van der Waals surface area contributed by atoms with Crippen molar-refractivity contribution in [2.45, 2.75) is 6.54 Å². The van der Waals surface area contributed by atoms with Crippen molar-refractivity contribution in [2.75, 3.05) is 5.32 Å². The molecule has 0 saturated carbocycles. The molecule has 2 heterocycles. The number of rotatable bonds is 4. The van der Waals surface area contributed by atoms with E-state index in [4.69, 9.17) is 0 Å². The Balaban J connectivity index is 1.68. The molecule has 0 radical (unpaired) electrons. The smallest absolute Gasteiger partial charge is 0.138 e. The van der Waals surface area contributed by atoms with Crippen molar-refractivity contribution in [1.82, 2.24) is 24.3 Å². The lowest BCUT2D eigenvalue weighted by Gasteiger charge is -2.07. The molecule has 3 rings (SSSR count). The molecule has 0 bridgehead atoms. The highest BCUT2D eigenvalue weighted by Crippen LogP contribution is 2.12. The Labute approximate surface area is 110 Å². The Bertz CT molecular complexity index is 638. The molecule has 19 heavy (non-hydrogen) atoms. The lowest BCUT2D eigenvalue weighted by molar-refractivity contribution is 0.813. The largest absolute Gasteiger partial charge is 0.378 e. The number of nitrogens with one attached hydrogen (secondary N) is 1. The highest BCUT2D eigenvalue weighted by molar-refractivity contribution is 5.48. The summed E-state index contributed by atoms with van der Waals surface area (Å²) in [6.07, 6.45) is 6.93. The molecule has 0 saturated heterocycles. The van der Waals surface area contributed by atoms with E-state index < -0.39 is 0 Å². The molecule has 0 aliphatic carbocycles. The van der Waals surface area contributed by atoms with Gasteiger partial charge in [0, 0.05) is 25.1 Å². The molecule has 96 valence electrons. The van der Waals surface area contributed by atoms with Gasteiger partial charge in [-0.25, -0.2) is 14.6 Å². The van der Waals surface area contributed by atoms with E-state index in [1.54, 1.807) is 17.2 Å². The summed E-state index contributed by atoms with van der Waals surface area (Å²) >= 11 is 0. The van der Waals surface area contributed by atoms with E-state index in [2.05, 4.69) is 20.4 Å². The van der Waals surface area contributed by atoms with Gasteiger partial charge in [-0.2, -0.15) is 5.10 Å². The van der Waals surface area contributed by atoms with Crippen LogP contribution in [0.5, 0.6) is 0 Å². The zero-order valence-corrected chi connectivity index (χ0v) is 10.6. The molecule has 2 aromatic heterocycles. The first-order chi connectivity index (χ1) is 9.33. The van der Waals surface area contributed by atoms with Gasteiger partial charge in [0.1, 0.15) is 18.5 Å². The van der Waals surface area contributed by atoms with Gasteiger partial charge in [-0.1, -0.05) is 0 Å². The number of nitrogens with zero attached hydrogens (tertiary/aromatic N) is 5. The maximum atomic E-state index is 4.27. The maximum Gasteiger partial charge on any atom is 0.138 e. The Morgan fingerprint density at radius 2 is 2.05 bits per heavy atom. The van der Waals surface area contributed by atoms with Crippen LogP contribution in [0.1, 0.15) is 5.82 Å². The molecule has 1 N–H and O–H groups in total. The number of hydrogen-bond acceptors (Lipinski definition) is 4. The fourth-order valence-corrected chi connectivity index (χ4v) is 1.82. The number of aryl methyl sites for hydroxylation is 1. The van der Waals surface area contributed by atoms with Crippen molar-refractivity contribution >= 4 is 5.69 Å². The molecule has 0 unspecified atom stereocenters. The predicted octanol–water partition coefficient (Wildman–Crippen LogP) is 1.61. The maximum absolute atomic E-state index is 4.27. The molecular weight excluding hydrogens is 240 g/mol. The third-order valence-corrected chi connectivity index (χ3v) is 2.92. The first-order valence-corrected chi connectivity index (χ1v) is 5.98. The second-order valence-electron chi connectivity index (χ2n) is 4.19. The van der Waals surface area contributed by atoms with E-state index in [0.29, 0.717) is 6.54 Å². The molecule has 1 aromatic carbocycles. The molecule has 0 atom stereocenters. The summed E-state index contributed by atoms with van der Waals surface area (Å²) in [4.78, 5) is 8.19. The van der Waals surface area contributed by atoms with Crippen LogP contribution in [0.15, 0.2) is 49.3 Å². The summed E-state index contributed by atoms with van der Waals surface area (Å²) in [7, 11) is 1.98. The van der Waals surface area contributed by atoms with Crippen molar-refractivity contribution in [3.8, 4) is 5.69 Å². The fourth-order valence-electron chi connectivity index (χ4n) is 1.82. The van der Waals surface area contributed by atoms with Gasteiger partial charge >= 0.3 is 0 Å². The second kappa shape index (κ2) is 4.93. The average Bonchev–Trinajstić information content (AvgIpc) is 3.09. The van der Waals surface area contributed by atoms with Crippen molar-refractivity contribution in [1.29, 1.82) is 0 Å². The third-order valence-electron chi connectivity index (χ3n) is 2.92. The van der Waals surface area contributed by atoms with Gasteiger partial charge in [-0.05, 0) is 24.3 Å². The second-order valence-corrected chi connectivity index (χ2v) is 4.19. The van der Waals surface area contributed by atoms with Crippen LogP contribution in [-0.2, 0) is 13.6 Å². The van der Waals surface area contributed by atoms with E-state index in [1.165, 1.54) is 6.33 Å². The van der Waals surface area contributed by atoms with Gasteiger partial charge in [-0.3, -0.25) is 0 Å². The number of hydrogen-bond donors (Lipinski definition) is 1. The van der Waals surface area contributed by atoms with Crippen molar-refractivity contribution in [2.24, 2.45) is 7.05 Å². The monoisotopic (exact) mass is 254 g/mol. The zero-order chi connectivity index (χ0) is 13.1. The first-order valence-electron chi connectivity index (χ1n) is 5.98. The van der Waals surface area contributed by atoms with Crippen LogP contribution >= 0.6 is 0 Å². The van der Waals surface area contributed by atoms with E-state index >= 15 is 0 Å².